The SMILES string of the molecule is CCC(C)Oc1cccc(C(=O)NNC(=O)c2ccc(OC)c(OC)c2)c1. The van der Waals surface area contributed by atoms with E-state index in [9.17, 15) is 9.59 Å². The highest BCUT2D eigenvalue weighted by Crippen LogP contribution is 2.27. The maximum absolute atomic E-state index is 12.3. The third kappa shape index (κ3) is 5.37. The van der Waals surface area contributed by atoms with E-state index in [2.05, 4.69) is 10.9 Å². The van der Waals surface area contributed by atoms with Crippen molar-refractivity contribution in [3.8, 4) is 17.2 Å². The molecule has 0 aliphatic carbocycles. The van der Waals surface area contributed by atoms with Crippen LogP contribution in [0.25, 0.3) is 0 Å². The van der Waals surface area contributed by atoms with Gasteiger partial charge in [-0.15, -0.1) is 0 Å². The van der Waals surface area contributed by atoms with E-state index in [1.165, 1.54) is 20.3 Å². The highest BCUT2D eigenvalue weighted by Gasteiger charge is 2.13. The summed E-state index contributed by atoms with van der Waals surface area (Å²) in [6, 6.07) is 11.5. The Balaban J connectivity index is 2.01. The Morgan fingerprint density at radius 1 is 0.926 bits per heavy atom. The molecule has 0 aliphatic heterocycles. The van der Waals surface area contributed by atoms with Gasteiger partial charge in [0.05, 0.1) is 20.3 Å². The van der Waals surface area contributed by atoms with Crippen molar-refractivity contribution in [2.24, 2.45) is 0 Å². The van der Waals surface area contributed by atoms with Gasteiger partial charge in [-0.25, -0.2) is 0 Å². The van der Waals surface area contributed by atoms with Crippen molar-refractivity contribution in [2.45, 2.75) is 26.4 Å². The first-order valence-corrected chi connectivity index (χ1v) is 8.57. The van der Waals surface area contributed by atoms with E-state index in [0.29, 0.717) is 28.4 Å². The molecule has 0 aliphatic rings. The number of rotatable bonds is 7. The molecule has 1 unspecified atom stereocenters. The lowest BCUT2D eigenvalue weighted by Gasteiger charge is -2.13. The molecule has 2 amide bonds. The van der Waals surface area contributed by atoms with Crippen molar-refractivity contribution in [1.82, 2.24) is 10.9 Å². The summed E-state index contributed by atoms with van der Waals surface area (Å²) in [5.41, 5.74) is 5.47. The Labute approximate surface area is 158 Å². The number of hydrogen-bond acceptors (Lipinski definition) is 5. The van der Waals surface area contributed by atoms with Crippen LogP contribution in [-0.4, -0.2) is 32.1 Å². The molecule has 0 saturated carbocycles. The van der Waals surface area contributed by atoms with Gasteiger partial charge in [-0.05, 0) is 49.7 Å². The van der Waals surface area contributed by atoms with E-state index in [1.54, 1.807) is 36.4 Å². The van der Waals surface area contributed by atoms with E-state index in [4.69, 9.17) is 14.2 Å². The van der Waals surface area contributed by atoms with Crippen molar-refractivity contribution in [3.05, 3.63) is 53.6 Å². The summed E-state index contributed by atoms with van der Waals surface area (Å²) in [7, 11) is 2.99. The lowest BCUT2D eigenvalue weighted by Crippen LogP contribution is -2.41. The largest absolute Gasteiger partial charge is 0.493 e. The lowest BCUT2D eigenvalue weighted by atomic mass is 10.2. The summed E-state index contributed by atoms with van der Waals surface area (Å²) >= 11 is 0. The van der Waals surface area contributed by atoms with Crippen LogP contribution in [0.15, 0.2) is 42.5 Å². The minimum absolute atomic E-state index is 0.0491. The van der Waals surface area contributed by atoms with Crippen molar-refractivity contribution in [1.29, 1.82) is 0 Å². The quantitative estimate of drug-likeness (QED) is 0.730. The van der Waals surface area contributed by atoms with Crippen molar-refractivity contribution < 1.29 is 23.8 Å². The second-order valence-corrected chi connectivity index (χ2v) is 5.84. The molecule has 0 radical (unpaired) electrons. The highest BCUT2D eigenvalue weighted by molar-refractivity contribution is 5.99. The standard InChI is InChI=1S/C20H24N2O5/c1-5-13(2)27-16-8-6-7-14(11-16)19(23)21-22-20(24)15-9-10-17(25-3)18(12-15)26-4/h6-13H,5H2,1-4H3,(H,21,23)(H,22,24). The molecule has 1 atom stereocenters. The topological polar surface area (TPSA) is 85.9 Å². The van der Waals surface area contributed by atoms with Gasteiger partial charge >= 0.3 is 0 Å². The third-order valence-electron chi connectivity index (χ3n) is 3.94. The van der Waals surface area contributed by atoms with Gasteiger partial charge in [-0.1, -0.05) is 13.0 Å². The number of amides is 2. The first-order chi connectivity index (χ1) is 13.0. The molecule has 2 N–H and O–H groups in total. The molecule has 0 fully saturated rings. The Hall–Kier alpha value is -3.22. The second-order valence-electron chi connectivity index (χ2n) is 5.84. The zero-order valence-corrected chi connectivity index (χ0v) is 15.9. The Morgan fingerprint density at radius 2 is 1.56 bits per heavy atom. The molecule has 27 heavy (non-hydrogen) atoms. The maximum atomic E-state index is 12.3. The molecular formula is C20H24N2O5. The van der Waals surface area contributed by atoms with Gasteiger partial charge in [0.1, 0.15) is 5.75 Å². The fraction of sp³-hybridized carbons (Fsp3) is 0.300. The third-order valence-corrected chi connectivity index (χ3v) is 3.94. The fourth-order valence-electron chi connectivity index (χ4n) is 2.26. The number of hydrogen-bond donors (Lipinski definition) is 2. The smallest absolute Gasteiger partial charge is 0.269 e. The lowest BCUT2D eigenvalue weighted by molar-refractivity contribution is 0.0846. The van der Waals surface area contributed by atoms with Crippen LogP contribution in [0.4, 0.5) is 0 Å². The van der Waals surface area contributed by atoms with Crippen LogP contribution in [0.3, 0.4) is 0 Å². The van der Waals surface area contributed by atoms with Crippen LogP contribution < -0.4 is 25.1 Å². The summed E-state index contributed by atoms with van der Waals surface area (Å²) in [6.07, 6.45) is 0.908. The van der Waals surface area contributed by atoms with Crippen LogP contribution in [0, 0.1) is 0 Å². The van der Waals surface area contributed by atoms with E-state index in [1.807, 2.05) is 13.8 Å². The minimum atomic E-state index is -0.476. The first kappa shape index (κ1) is 20.1. The second kappa shape index (κ2) is 9.47. The van der Waals surface area contributed by atoms with Gasteiger partial charge in [0.2, 0.25) is 0 Å². The molecule has 2 aromatic rings. The molecular weight excluding hydrogens is 348 g/mol. The van der Waals surface area contributed by atoms with Crippen LogP contribution in [0.2, 0.25) is 0 Å². The van der Waals surface area contributed by atoms with Gasteiger partial charge in [0.15, 0.2) is 11.5 Å². The van der Waals surface area contributed by atoms with Gasteiger partial charge < -0.3 is 14.2 Å². The van der Waals surface area contributed by atoms with Crippen LogP contribution in [0.5, 0.6) is 17.2 Å². The van der Waals surface area contributed by atoms with Crippen molar-refractivity contribution >= 4 is 11.8 Å². The minimum Gasteiger partial charge on any atom is -0.493 e. The molecule has 144 valence electrons. The van der Waals surface area contributed by atoms with E-state index in [-0.39, 0.29) is 6.10 Å². The van der Waals surface area contributed by atoms with Crippen LogP contribution in [0.1, 0.15) is 41.0 Å². The number of methoxy groups -OCH3 is 2. The predicted molar refractivity (Wildman–Crippen MR) is 101 cm³/mol. The monoisotopic (exact) mass is 372 g/mol. The zero-order valence-electron chi connectivity index (χ0n) is 15.9. The normalized spacial score (nSPS) is 11.3. The van der Waals surface area contributed by atoms with E-state index < -0.39 is 11.8 Å². The molecule has 0 heterocycles. The van der Waals surface area contributed by atoms with Gasteiger partial charge in [-0.2, -0.15) is 0 Å². The Morgan fingerprint density at radius 3 is 2.15 bits per heavy atom. The van der Waals surface area contributed by atoms with Crippen LogP contribution >= 0.6 is 0 Å². The first-order valence-electron chi connectivity index (χ1n) is 8.57. The number of benzene rings is 2. The zero-order chi connectivity index (χ0) is 19.8. The summed E-state index contributed by atoms with van der Waals surface area (Å²) in [5.74, 6) is 0.612. The van der Waals surface area contributed by atoms with Gasteiger partial charge in [0.25, 0.3) is 11.8 Å². The summed E-state index contributed by atoms with van der Waals surface area (Å²) in [4.78, 5) is 24.5. The van der Waals surface area contributed by atoms with Crippen molar-refractivity contribution in [2.75, 3.05) is 14.2 Å². The van der Waals surface area contributed by atoms with E-state index in [0.717, 1.165) is 6.42 Å². The summed E-state index contributed by atoms with van der Waals surface area (Å²) in [6.45, 7) is 3.97. The fourth-order valence-corrected chi connectivity index (χ4v) is 2.26. The number of ether oxygens (including phenoxy) is 3. The maximum Gasteiger partial charge on any atom is 0.269 e. The average Bonchev–Trinajstić information content (AvgIpc) is 2.71. The van der Waals surface area contributed by atoms with Crippen molar-refractivity contribution in [3.63, 3.8) is 0 Å². The number of hydrazine groups is 1. The van der Waals surface area contributed by atoms with Gasteiger partial charge in [0, 0.05) is 11.1 Å². The molecule has 0 saturated heterocycles. The Bertz CT molecular complexity index is 807. The highest BCUT2D eigenvalue weighted by atomic mass is 16.5. The molecule has 0 aromatic heterocycles. The molecule has 2 aromatic carbocycles. The molecule has 7 nitrogen and oxygen atoms in total. The van der Waals surface area contributed by atoms with E-state index >= 15 is 0 Å². The number of nitrogens with one attached hydrogen (secondary N) is 2. The van der Waals surface area contributed by atoms with Crippen LogP contribution in [-0.2, 0) is 0 Å². The molecule has 0 bridgehead atoms. The number of carbonyl (C=O) groups excluding carboxylic acids is 2. The number of carbonyl (C=O) groups is 2. The average molecular weight is 372 g/mol. The summed E-state index contributed by atoms with van der Waals surface area (Å²) < 4.78 is 16.0. The molecule has 0 spiro atoms. The predicted octanol–water partition coefficient (Wildman–Crippen LogP) is 2.96. The Kier molecular flexibility index (Phi) is 7.05. The molecule has 7 heteroatoms. The van der Waals surface area contributed by atoms with Gasteiger partial charge in [-0.3, -0.25) is 20.4 Å². The summed E-state index contributed by atoms with van der Waals surface area (Å²) in [5, 5.41) is 0. The molecule has 2 rings (SSSR count).